The molecule has 0 atom stereocenters. The zero-order valence-electron chi connectivity index (χ0n) is 16.8. The molecule has 30 heavy (non-hydrogen) atoms. The monoisotopic (exact) mass is 399 g/mol. The van der Waals surface area contributed by atoms with Crippen molar-refractivity contribution in [3.8, 4) is 23.3 Å². The van der Waals surface area contributed by atoms with Gasteiger partial charge in [0.2, 0.25) is 0 Å². The van der Waals surface area contributed by atoms with E-state index in [0.717, 1.165) is 11.1 Å². The molecule has 0 N–H and O–H groups in total. The molecule has 5 nitrogen and oxygen atoms in total. The summed E-state index contributed by atoms with van der Waals surface area (Å²) in [4.78, 5) is 12.7. The molecular formula is C25H21NO4. The topological polar surface area (TPSA) is 68.5 Å². The number of rotatable bonds is 7. The fourth-order valence-corrected chi connectivity index (χ4v) is 2.89. The summed E-state index contributed by atoms with van der Waals surface area (Å²) in [6, 6.07) is 23.7. The molecule has 0 saturated carbocycles. The van der Waals surface area contributed by atoms with Crippen LogP contribution in [0.5, 0.6) is 17.2 Å². The molecule has 0 aliphatic rings. The Labute approximate surface area is 175 Å². The van der Waals surface area contributed by atoms with E-state index < -0.39 is 5.97 Å². The van der Waals surface area contributed by atoms with Gasteiger partial charge in [-0.3, -0.25) is 0 Å². The van der Waals surface area contributed by atoms with E-state index in [1.807, 2.05) is 37.3 Å². The first kappa shape index (κ1) is 20.7. The Hall–Kier alpha value is -4.04. The minimum Gasteiger partial charge on any atom is -0.493 e. The number of hydrogen-bond donors (Lipinski definition) is 0. The summed E-state index contributed by atoms with van der Waals surface area (Å²) < 4.78 is 16.5. The number of para-hydroxylation sites is 1. The molecule has 0 amide bonds. The highest BCUT2D eigenvalue weighted by molar-refractivity contribution is 5.94. The molecule has 3 aromatic rings. The van der Waals surface area contributed by atoms with Crippen molar-refractivity contribution in [3.63, 3.8) is 0 Å². The minimum absolute atomic E-state index is 0.282. The molecule has 0 aromatic heterocycles. The SMILES string of the molecule is CCOc1ccccc1C(=O)Oc1ccc(/C=C(\C#N)c2ccccc2)cc1OC. The molecule has 0 heterocycles. The van der Waals surface area contributed by atoms with Crippen molar-refractivity contribution in [2.24, 2.45) is 0 Å². The molecule has 0 fully saturated rings. The van der Waals surface area contributed by atoms with E-state index >= 15 is 0 Å². The van der Waals surface area contributed by atoms with Gasteiger partial charge in [0.05, 0.1) is 25.4 Å². The molecule has 0 spiro atoms. The predicted octanol–water partition coefficient (Wildman–Crippen LogP) is 5.38. The molecule has 0 radical (unpaired) electrons. The number of benzene rings is 3. The van der Waals surface area contributed by atoms with E-state index in [1.165, 1.54) is 7.11 Å². The third-order valence-corrected chi connectivity index (χ3v) is 4.31. The lowest BCUT2D eigenvalue weighted by atomic mass is 10.0. The normalized spacial score (nSPS) is 10.8. The van der Waals surface area contributed by atoms with Gasteiger partial charge in [-0.15, -0.1) is 0 Å². The second kappa shape index (κ2) is 9.94. The van der Waals surface area contributed by atoms with Gasteiger partial charge in [-0.25, -0.2) is 4.79 Å². The second-order valence-corrected chi connectivity index (χ2v) is 6.26. The van der Waals surface area contributed by atoms with Crippen LogP contribution in [-0.2, 0) is 0 Å². The second-order valence-electron chi connectivity index (χ2n) is 6.26. The molecule has 0 bridgehead atoms. The summed E-state index contributed by atoms with van der Waals surface area (Å²) in [7, 11) is 1.50. The maximum atomic E-state index is 12.7. The molecule has 0 aliphatic carbocycles. The van der Waals surface area contributed by atoms with Crippen molar-refractivity contribution in [1.82, 2.24) is 0 Å². The lowest BCUT2D eigenvalue weighted by molar-refractivity contribution is 0.0725. The molecule has 150 valence electrons. The number of ether oxygens (including phenoxy) is 3. The van der Waals surface area contributed by atoms with Crippen molar-refractivity contribution >= 4 is 17.6 Å². The average molecular weight is 399 g/mol. The van der Waals surface area contributed by atoms with Crippen LogP contribution >= 0.6 is 0 Å². The zero-order valence-corrected chi connectivity index (χ0v) is 16.8. The zero-order chi connectivity index (χ0) is 21.3. The maximum absolute atomic E-state index is 12.7. The number of nitriles is 1. The lowest BCUT2D eigenvalue weighted by Crippen LogP contribution is -2.11. The standard InChI is InChI=1S/C25H21NO4/c1-3-29-22-12-8-7-11-21(22)25(27)30-23-14-13-18(16-24(23)28-2)15-20(17-26)19-9-5-4-6-10-19/h4-16H,3H2,1-2H3/b20-15+. The highest BCUT2D eigenvalue weighted by Gasteiger charge is 2.17. The molecule has 3 rings (SSSR count). The van der Waals surface area contributed by atoms with E-state index in [2.05, 4.69) is 6.07 Å². The van der Waals surface area contributed by atoms with Crippen LogP contribution in [0, 0.1) is 11.3 Å². The molecule has 5 heteroatoms. The number of esters is 1. The Morgan fingerprint density at radius 1 is 0.967 bits per heavy atom. The first-order valence-electron chi connectivity index (χ1n) is 9.45. The molecule has 0 aliphatic heterocycles. The summed E-state index contributed by atoms with van der Waals surface area (Å²) in [6.45, 7) is 2.29. The van der Waals surface area contributed by atoms with Crippen LogP contribution in [0.25, 0.3) is 11.6 Å². The van der Waals surface area contributed by atoms with Gasteiger partial charge in [-0.1, -0.05) is 48.5 Å². The van der Waals surface area contributed by atoms with E-state index in [-0.39, 0.29) is 5.75 Å². The van der Waals surface area contributed by atoms with Gasteiger partial charge in [0, 0.05) is 0 Å². The van der Waals surface area contributed by atoms with Crippen LogP contribution < -0.4 is 14.2 Å². The summed E-state index contributed by atoms with van der Waals surface area (Å²) in [6.07, 6.45) is 1.76. The van der Waals surface area contributed by atoms with Crippen molar-refractivity contribution in [3.05, 3.63) is 89.5 Å². The van der Waals surface area contributed by atoms with Gasteiger partial charge in [0.15, 0.2) is 11.5 Å². The highest BCUT2D eigenvalue weighted by Crippen LogP contribution is 2.31. The Kier molecular flexibility index (Phi) is 6.86. The molecule has 3 aromatic carbocycles. The van der Waals surface area contributed by atoms with Crippen LogP contribution in [0.2, 0.25) is 0 Å². The van der Waals surface area contributed by atoms with Gasteiger partial charge >= 0.3 is 5.97 Å². The van der Waals surface area contributed by atoms with Gasteiger partial charge < -0.3 is 14.2 Å². The summed E-state index contributed by atoms with van der Waals surface area (Å²) in [5.74, 6) is 0.591. The van der Waals surface area contributed by atoms with Gasteiger partial charge in [0.1, 0.15) is 11.3 Å². The van der Waals surface area contributed by atoms with Crippen molar-refractivity contribution in [2.45, 2.75) is 6.92 Å². The number of carbonyl (C=O) groups excluding carboxylic acids is 1. The third kappa shape index (κ3) is 4.86. The summed E-state index contributed by atoms with van der Waals surface area (Å²) in [5.41, 5.74) is 2.43. The number of allylic oxidation sites excluding steroid dienone is 1. The number of carbonyl (C=O) groups is 1. The smallest absolute Gasteiger partial charge is 0.347 e. The number of methoxy groups -OCH3 is 1. The first-order valence-corrected chi connectivity index (χ1v) is 9.45. The van der Waals surface area contributed by atoms with Crippen LogP contribution in [0.15, 0.2) is 72.8 Å². The van der Waals surface area contributed by atoms with Gasteiger partial charge in [0.25, 0.3) is 0 Å². The summed E-state index contributed by atoms with van der Waals surface area (Å²) in [5, 5.41) is 9.51. The summed E-state index contributed by atoms with van der Waals surface area (Å²) >= 11 is 0. The van der Waals surface area contributed by atoms with Crippen molar-refractivity contribution in [2.75, 3.05) is 13.7 Å². The highest BCUT2D eigenvalue weighted by atomic mass is 16.6. The van der Waals surface area contributed by atoms with Crippen LogP contribution in [0.1, 0.15) is 28.4 Å². The quantitative estimate of drug-likeness (QED) is 0.231. The Bertz CT molecular complexity index is 1100. The Morgan fingerprint density at radius 2 is 1.70 bits per heavy atom. The maximum Gasteiger partial charge on any atom is 0.347 e. The molecule has 0 unspecified atom stereocenters. The fourth-order valence-electron chi connectivity index (χ4n) is 2.89. The average Bonchev–Trinajstić information content (AvgIpc) is 2.79. The molecule has 0 saturated heterocycles. The van der Waals surface area contributed by atoms with Crippen LogP contribution in [-0.4, -0.2) is 19.7 Å². The Morgan fingerprint density at radius 3 is 2.40 bits per heavy atom. The fraction of sp³-hybridized carbons (Fsp3) is 0.120. The Balaban J connectivity index is 1.87. The number of nitrogens with zero attached hydrogens (tertiary/aromatic N) is 1. The third-order valence-electron chi connectivity index (χ3n) is 4.31. The minimum atomic E-state index is -0.539. The van der Waals surface area contributed by atoms with Gasteiger partial charge in [-0.2, -0.15) is 5.26 Å². The van der Waals surface area contributed by atoms with E-state index in [1.54, 1.807) is 48.5 Å². The van der Waals surface area contributed by atoms with E-state index in [0.29, 0.717) is 29.2 Å². The predicted molar refractivity (Wildman–Crippen MR) is 115 cm³/mol. The van der Waals surface area contributed by atoms with Crippen LogP contribution in [0.4, 0.5) is 0 Å². The van der Waals surface area contributed by atoms with Crippen molar-refractivity contribution in [1.29, 1.82) is 5.26 Å². The lowest BCUT2D eigenvalue weighted by Gasteiger charge is -2.12. The largest absolute Gasteiger partial charge is 0.493 e. The number of hydrogen-bond acceptors (Lipinski definition) is 5. The van der Waals surface area contributed by atoms with Crippen LogP contribution in [0.3, 0.4) is 0 Å². The van der Waals surface area contributed by atoms with E-state index in [9.17, 15) is 10.1 Å². The van der Waals surface area contributed by atoms with E-state index in [4.69, 9.17) is 14.2 Å². The van der Waals surface area contributed by atoms with Crippen molar-refractivity contribution < 1.29 is 19.0 Å². The first-order chi connectivity index (χ1) is 14.7. The van der Waals surface area contributed by atoms with Gasteiger partial charge in [-0.05, 0) is 48.4 Å². The molecular weight excluding hydrogens is 378 g/mol.